The van der Waals surface area contributed by atoms with Crippen molar-refractivity contribution in [2.45, 2.75) is 6.42 Å². The Labute approximate surface area is 128 Å². The molecule has 1 aromatic heterocycles. The molecule has 0 fully saturated rings. The molecule has 112 valence electrons. The Hall–Kier alpha value is -2.05. The first-order valence-corrected chi connectivity index (χ1v) is 6.94. The number of nitrogens with two attached hydrogens (primary N) is 1. The van der Waals surface area contributed by atoms with Gasteiger partial charge in [0.2, 0.25) is 0 Å². The highest BCUT2D eigenvalue weighted by Crippen LogP contribution is 2.26. The molecular formula is C14H18ClN5O. The molecule has 21 heavy (non-hydrogen) atoms. The quantitative estimate of drug-likeness (QED) is 0.682. The zero-order valence-electron chi connectivity index (χ0n) is 11.8. The minimum Gasteiger partial charge on any atom is -0.393 e. The fourth-order valence-corrected chi connectivity index (χ4v) is 1.95. The molecule has 0 aliphatic carbocycles. The first-order valence-electron chi connectivity index (χ1n) is 6.56. The van der Waals surface area contributed by atoms with E-state index in [0.29, 0.717) is 29.0 Å². The predicted molar refractivity (Wildman–Crippen MR) is 86.2 cm³/mol. The second-order valence-corrected chi connectivity index (χ2v) is 4.83. The molecule has 4 N–H and O–H groups in total. The summed E-state index contributed by atoms with van der Waals surface area (Å²) in [5.41, 5.74) is 7.36. The van der Waals surface area contributed by atoms with Gasteiger partial charge in [-0.15, -0.1) is 0 Å². The number of nitrogens with one attached hydrogen (secondary N) is 2. The van der Waals surface area contributed by atoms with Gasteiger partial charge in [0.25, 0.3) is 0 Å². The predicted octanol–water partition coefficient (Wildman–Crippen LogP) is 2.90. The number of ether oxygens (including phenoxy) is 1. The maximum Gasteiger partial charge on any atom is 0.159 e. The Morgan fingerprint density at radius 2 is 2.10 bits per heavy atom. The topological polar surface area (TPSA) is 85.1 Å². The molecule has 6 nitrogen and oxygen atoms in total. The van der Waals surface area contributed by atoms with Gasteiger partial charge in [-0.2, -0.15) is 0 Å². The number of hydrogen-bond donors (Lipinski definition) is 3. The van der Waals surface area contributed by atoms with E-state index >= 15 is 0 Å². The van der Waals surface area contributed by atoms with Gasteiger partial charge in [-0.25, -0.2) is 9.97 Å². The molecule has 0 amide bonds. The summed E-state index contributed by atoms with van der Waals surface area (Å²) in [6, 6.07) is 7.35. The van der Waals surface area contributed by atoms with Crippen LogP contribution in [0.1, 0.15) is 6.42 Å². The smallest absolute Gasteiger partial charge is 0.159 e. The molecule has 0 bridgehead atoms. The van der Waals surface area contributed by atoms with E-state index < -0.39 is 0 Å². The van der Waals surface area contributed by atoms with Crippen LogP contribution in [0.3, 0.4) is 0 Å². The van der Waals surface area contributed by atoms with Gasteiger partial charge in [-0.05, 0) is 24.6 Å². The van der Waals surface area contributed by atoms with Crippen molar-refractivity contribution < 1.29 is 4.74 Å². The van der Waals surface area contributed by atoms with Crippen LogP contribution in [-0.4, -0.2) is 30.2 Å². The third-order valence-electron chi connectivity index (χ3n) is 2.79. The second kappa shape index (κ2) is 7.66. The molecule has 0 unspecified atom stereocenters. The van der Waals surface area contributed by atoms with E-state index in [4.69, 9.17) is 22.1 Å². The largest absolute Gasteiger partial charge is 0.393 e. The number of methoxy groups -OCH3 is 1. The molecule has 0 saturated heterocycles. The standard InChI is InChI=1S/C14H18ClN5O/c1-21-7-3-6-17-13-12(16)14(19-9-18-13)20-11-5-2-4-10(15)8-11/h2,4-5,8-9H,3,6-7,16H2,1H3,(H2,17,18,19,20). The fraction of sp³-hybridized carbons (Fsp3) is 0.286. The van der Waals surface area contributed by atoms with Crippen molar-refractivity contribution in [3.63, 3.8) is 0 Å². The third-order valence-corrected chi connectivity index (χ3v) is 3.02. The first kappa shape index (κ1) is 15.3. The summed E-state index contributed by atoms with van der Waals surface area (Å²) < 4.78 is 5.00. The van der Waals surface area contributed by atoms with Crippen LogP contribution in [-0.2, 0) is 4.74 Å². The van der Waals surface area contributed by atoms with Crippen molar-refractivity contribution in [3.8, 4) is 0 Å². The van der Waals surface area contributed by atoms with Crippen molar-refractivity contribution >= 4 is 34.6 Å². The van der Waals surface area contributed by atoms with Crippen molar-refractivity contribution in [1.82, 2.24) is 9.97 Å². The van der Waals surface area contributed by atoms with Gasteiger partial charge >= 0.3 is 0 Å². The first-order chi connectivity index (χ1) is 10.2. The number of rotatable bonds is 7. The number of aromatic nitrogens is 2. The SMILES string of the molecule is COCCCNc1ncnc(Nc2cccc(Cl)c2)c1N. The summed E-state index contributed by atoms with van der Waals surface area (Å²) in [6.45, 7) is 1.41. The van der Waals surface area contributed by atoms with Gasteiger partial charge < -0.3 is 21.1 Å². The lowest BCUT2D eigenvalue weighted by molar-refractivity contribution is 0.198. The zero-order chi connectivity index (χ0) is 15.1. The number of anilines is 4. The van der Waals surface area contributed by atoms with Crippen molar-refractivity contribution in [2.75, 3.05) is 36.6 Å². The summed E-state index contributed by atoms with van der Waals surface area (Å²) >= 11 is 5.95. The zero-order valence-corrected chi connectivity index (χ0v) is 12.5. The van der Waals surface area contributed by atoms with Gasteiger partial charge in [0.15, 0.2) is 11.6 Å². The lowest BCUT2D eigenvalue weighted by Gasteiger charge is -2.12. The molecule has 0 atom stereocenters. The summed E-state index contributed by atoms with van der Waals surface area (Å²) in [4.78, 5) is 8.29. The molecule has 2 aromatic rings. The lowest BCUT2D eigenvalue weighted by Crippen LogP contribution is -2.10. The summed E-state index contributed by atoms with van der Waals surface area (Å²) in [7, 11) is 1.67. The average Bonchev–Trinajstić information content (AvgIpc) is 2.47. The third kappa shape index (κ3) is 4.47. The van der Waals surface area contributed by atoms with Crippen LogP contribution in [0, 0.1) is 0 Å². The molecule has 2 rings (SSSR count). The highest BCUT2D eigenvalue weighted by molar-refractivity contribution is 6.30. The number of nitrogen functional groups attached to an aromatic ring is 1. The van der Waals surface area contributed by atoms with Crippen LogP contribution in [0.2, 0.25) is 5.02 Å². The van der Waals surface area contributed by atoms with E-state index in [1.807, 2.05) is 12.1 Å². The van der Waals surface area contributed by atoms with E-state index in [9.17, 15) is 0 Å². The number of benzene rings is 1. The second-order valence-electron chi connectivity index (χ2n) is 4.39. The molecular weight excluding hydrogens is 290 g/mol. The minimum atomic E-state index is 0.467. The molecule has 0 aliphatic heterocycles. The highest BCUT2D eigenvalue weighted by Gasteiger charge is 2.08. The Morgan fingerprint density at radius 3 is 2.86 bits per heavy atom. The van der Waals surface area contributed by atoms with Gasteiger partial charge in [0.05, 0.1) is 0 Å². The van der Waals surface area contributed by atoms with Crippen LogP contribution in [0.25, 0.3) is 0 Å². The van der Waals surface area contributed by atoms with Crippen LogP contribution < -0.4 is 16.4 Å². The Morgan fingerprint density at radius 1 is 1.29 bits per heavy atom. The van der Waals surface area contributed by atoms with Crippen molar-refractivity contribution in [2.24, 2.45) is 0 Å². The summed E-state index contributed by atoms with van der Waals surface area (Å²) in [5.74, 6) is 1.15. The maximum atomic E-state index is 6.07. The maximum absolute atomic E-state index is 6.07. The average molecular weight is 308 g/mol. The molecule has 1 aromatic carbocycles. The van der Waals surface area contributed by atoms with Crippen LogP contribution in [0.5, 0.6) is 0 Å². The van der Waals surface area contributed by atoms with E-state index in [-0.39, 0.29) is 0 Å². The number of nitrogens with zero attached hydrogens (tertiary/aromatic N) is 2. The van der Waals surface area contributed by atoms with Crippen molar-refractivity contribution in [3.05, 3.63) is 35.6 Å². The van der Waals surface area contributed by atoms with E-state index in [1.165, 1.54) is 6.33 Å². The number of halogens is 1. The van der Waals surface area contributed by atoms with Gasteiger partial charge in [-0.1, -0.05) is 17.7 Å². The molecule has 0 radical (unpaired) electrons. The van der Waals surface area contributed by atoms with E-state index in [0.717, 1.165) is 18.7 Å². The molecule has 1 heterocycles. The van der Waals surface area contributed by atoms with Crippen molar-refractivity contribution in [1.29, 1.82) is 0 Å². The molecule has 0 spiro atoms. The molecule has 0 aliphatic rings. The highest BCUT2D eigenvalue weighted by atomic mass is 35.5. The van der Waals surface area contributed by atoms with Gasteiger partial charge in [-0.3, -0.25) is 0 Å². The minimum absolute atomic E-state index is 0.467. The Bertz CT molecular complexity index is 593. The Kier molecular flexibility index (Phi) is 5.59. The van der Waals surface area contributed by atoms with Crippen LogP contribution in [0.4, 0.5) is 23.0 Å². The van der Waals surface area contributed by atoms with Gasteiger partial charge in [0, 0.05) is 31.0 Å². The van der Waals surface area contributed by atoms with Crippen LogP contribution >= 0.6 is 11.6 Å². The number of hydrogen-bond acceptors (Lipinski definition) is 6. The van der Waals surface area contributed by atoms with E-state index in [2.05, 4.69) is 20.6 Å². The molecule has 7 heteroatoms. The Balaban J connectivity index is 2.06. The van der Waals surface area contributed by atoms with E-state index in [1.54, 1.807) is 19.2 Å². The normalized spacial score (nSPS) is 10.4. The monoisotopic (exact) mass is 307 g/mol. The molecule has 0 saturated carbocycles. The summed E-state index contributed by atoms with van der Waals surface area (Å²) in [6.07, 6.45) is 2.33. The van der Waals surface area contributed by atoms with Crippen LogP contribution in [0.15, 0.2) is 30.6 Å². The lowest BCUT2D eigenvalue weighted by atomic mass is 10.3. The van der Waals surface area contributed by atoms with Gasteiger partial charge in [0.1, 0.15) is 12.0 Å². The fourth-order valence-electron chi connectivity index (χ4n) is 1.76. The summed E-state index contributed by atoms with van der Waals surface area (Å²) in [5, 5.41) is 6.94.